The number of unbranched alkanes of at least 4 members (excludes halogenated alkanes) is 6. The lowest BCUT2D eigenvalue weighted by molar-refractivity contribution is -0.122. The molecule has 2 nitrogen and oxygen atoms in total. The Labute approximate surface area is 125 Å². The average molecular weight is 279 g/mol. The van der Waals surface area contributed by atoms with Crippen LogP contribution < -0.4 is 0 Å². The molecule has 2 heteroatoms. The first-order valence-electron chi connectivity index (χ1n) is 9.09. The second-order valence-electron chi connectivity index (χ2n) is 6.83. The fourth-order valence-electron chi connectivity index (χ4n) is 4.11. The molecule has 116 valence electrons. The van der Waals surface area contributed by atoms with Crippen LogP contribution in [0.15, 0.2) is 0 Å². The maximum atomic E-state index is 12.0. The van der Waals surface area contributed by atoms with Gasteiger partial charge in [-0.1, -0.05) is 45.4 Å². The summed E-state index contributed by atoms with van der Waals surface area (Å²) in [6.45, 7) is 4.75. The zero-order chi connectivity index (χ0) is 14.2. The lowest BCUT2D eigenvalue weighted by atomic mass is 9.95. The highest BCUT2D eigenvalue weighted by molar-refractivity contribution is 5.83. The van der Waals surface area contributed by atoms with E-state index in [4.69, 9.17) is 0 Å². The number of Topliss-reactive ketones (excluding diaryl/α,β-unsaturated/α-hetero) is 1. The Morgan fingerprint density at radius 2 is 1.75 bits per heavy atom. The van der Waals surface area contributed by atoms with Gasteiger partial charge in [-0.3, -0.25) is 9.69 Å². The van der Waals surface area contributed by atoms with Crippen LogP contribution in [0.4, 0.5) is 0 Å². The summed E-state index contributed by atoms with van der Waals surface area (Å²) in [4.78, 5) is 14.6. The molecule has 1 aliphatic carbocycles. The molecule has 20 heavy (non-hydrogen) atoms. The van der Waals surface area contributed by atoms with E-state index >= 15 is 0 Å². The minimum absolute atomic E-state index is 0.391. The zero-order valence-corrected chi connectivity index (χ0v) is 13.4. The molecule has 0 spiro atoms. The van der Waals surface area contributed by atoms with Gasteiger partial charge >= 0.3 is 0 Å². The van der Waals surface area contributed by atoms with Gasteiger partial charge in [0.25, 0.3) is 0 Å². The van der Waals surface area contributed by atoms with Gasteiger partial charge in [0.1, 0.15) is 5.78 Å². The van der Waals surface area contributed by atoms with E-state index < -0.39 is 0 Å². The summed E-state index contributed by atoms with van der Waals surface area (Å²) in [7, 11) is 0. The van der Waals surface area contributed by atoms with Crippen molar-refractivity contribution in [1.29, 1.82) is 0 Å². The van der Waals surface area contributed by atoms with Gasteiger partial charge in [0.2, 0.25) is 0 Å². The van der Waals surface area contributed by atoms with Gasteiger partial charge in [-0.15, -0.1) is 0 Å². The molecule has 0 bridgehead atoms. The van der Waals surface area contributed by atoms with E-state index in [-0.39, 0.29) is 0 Å². The summed E-state index contributed by atoms with van der Waals surface area (Å²) in [5.74, 6) is 0.948. The number of nitrogens with zero attached hydrogens (tertiary/aromatic N) is 1. The first-order chi connectivity index (χ1) is 9.83. The smallest absolute Gasteiger partial charge is 0.137 e. The van der Waals surface area contributed by atoms with Crippen molar-refractivity contribution in [2.24, 2.45) is 5.92 Å². The largest absolute Gasteiger partial charge is 0.300 e. The highest BCUT2D eigenvalue weighted by Gasteiger charge is 2.37. The standard InChI is InChI=1S/C18H33NO/c1-2-3-4-5-6-7-8-14-19-15-10-12-17(19)16-11-9-13-18(16)20/h16-17H,2-15H2,1H3. The minimum Gasteiger partial charge on any atom is -0.300 e. The van der Waals surface area contributed by atoms with Crippen LogP contribution in [0, 0.1) is 5.92 Å². The molecule has 1 saturated carbocycles. The van der Waals surface area contributed by atoms with E-state index in [9.17, 15) is 4.79 Å². The molecule has 2 unspecified atom stereocenters. The van der Waals surface area contributed by atoms with Crippen LogP contribution in [-0.2, 0) is 4.79 Å². The monoisotopic (exact) mass is 279 g/mol. The van der Waals surface area contributed by atoms with Crippen LogP contribution in [0.5, 0.6) is 0 Å². The maximum absolute atomic E-state index is 12.0. The Kier molecular flexibility index (Phi) is 7.06. The first-order valence-corrected chi connectivity index (χ1v) is 9.09. The predicted octanol–water partition coefficient (Wildman–Crippen LogP) is 4.57. The summed E-state index contributed by atoms with van der Waals surface area (Å²) >= 11 is 0. The molecule has 0 aromatic carbocycles. The van der Waals surface area contributed by atoms with Crippen LogP contribution in [0.3, 0.4) is 0 Å². The number of hydrogen-bond acceptors (Lipinski definition) is 2. The minimum atomic E-state index is 0.391. The molecule has 0 radical (unpaired) electrons. The molecule has 0 amide bonds. The van der Waals surface area contributed by atoms with Gasteiger partial charge in [0.05, 0.1) is 0 Å². The Bertz CT molecular complexity index is 289. The van der Waals surface area contributed by atoms with Crippen molar-refractivity contribution in [3.05, 3.63) is 0 Å². The number of ketones is 1. The fourth-order valence-corrected chi connectivity index (χ4v) is 4.11. The van der Waals surface area contributed by atoms with E-state index in [0.29, 0.717) is 17.7 Å². The third-order valence-corrected chi connectivity index (χ3v) is 5.28. The first kappa shape index (κ1) is 16.0. The molecule has 1 heterocycles. The molecule has 0 aromatic rings. The normalized spacial score (nSPS) is 27.6. The van der Waals surface area contributed by atoms with Crippen molar-refractivity contribution in [1.82, 2.24) is 4.90 Å². The molecular formula is C18H33NO. The molecule has 2 atom stereocenters. The van der Waals surface area contributed by atoms with Crippen molar-refractivity contribution in [2.45, 2.75) is 90.0 Å². The molecule has 1 aliphatic heterocycles. The third kappa shape index (κ3) is 4.58. The van der Waals surface area contributed by atoms with Gasteiger partial charge in [0, 0.05) is 18.4 Å². The maximum Gasteiger partial charge on any atom is 0.137 e. The second kappa shape index (κ2) is 8.81. The molecule has 1 saturated heterocycles. The summed E-state index contributed by atoms with van der Waals surface area (Å²) < 4.78 is 0. The zero-order valence-electron chi connectivity index (χ0n) is 13.4. The molecule has 2 rings (SSSR count). The lowest BCUT2D eigenvalue weighted by Gasteiger charge is -2.28. The van der Waals surface area contributed by atoms with E-state index in [1.165, 1.54) is 70.9 Å². The summed E-state index contributed by atoms with van der Waals surface area (Å²) in [5, 5.41) is 0. The Balaban J connectivity index is 1.61. The van der Waals surface area contributed by atoms with Crippen LogP contribution in [0.25, 0.3) is 0 Å². The number of hydrogen-bond donors (Lipinski definition) is 0. The molecule has 2 aliphatic rings. The Morgan fingerprint density at radius 3 is 2.45 bits per heavy atom. The topological polar surface area (TPSA) is 20.3 Å². The van der Waals surface area contributed by atoms with Gasteiger partial charge in [-0.05, 0) is 45.2 Å². The Morgan fingerprint density at radius 1 is 1.00 bits per heavy atom. The quantitative estimate of drug-likeness (QED) is 0.576. The van der Waals surface area contributed by atoms with Gasteiger partial charge < -0.3 is 0 Å². The van der Waals surface area contributed by atoms with Crippen molar-refractivity contribution < 1.29 is 4.79 Å². The molecule has 0 N–H and O–H groups in total. The van der Waals surface area contributed by atoms with Crippen LogP contribution in [0.2, 0.25) is 0 Å². The van der Waals surface area contributed by atoms with E-state index in [2.05, 4.69) is 11.8 Å². The van der Waals surface area contributed by atoms with Crippen LogP contribution in [0.1, 0.15) is 84.0 Å². The summed E-state index contributed by atoms with van der Waals surface area (Å²) in [6, 6.07) is 0.602. The van der Waals surface area contributed by atoms with Crippen LogP contribution in [-0.4, -0.2) is 29.8 Å². The number of carbonyl (C=O) groups excluding carboxylic acids is 1. The second-order valence-corrected chi connectivity index (χ2v) is 6.83. The fraction of sp³-hybridized carbons (Fsp3) is 0.944. The SMILES string of the molecule is CCCCCCCCCN1CCCC1C1CCCC1=O. The Hall–Kier alpha value is -0.370. The number of likely N-dealkylation sites (tertiary alicyclic amines) is 1. The van der Waals surface area contributed by atoms with Gasteiger partial charge in [0.15, 0.2) is 0 Å². The molecule has 2 fully saturated rings. The highest BCUT2D eigenvalue weighted by atomic mass is 16.1. The van der Waals surface area contributed by atoms with E-state index in [0.717, 1.165) is 19.3 Å². The molecular weight excluding hydrogens is 246 g/mol. The predicted molar refractivity (Wildman–Crippen MR) is 84.9 cm³/mol. The van der Waals surface area contributed by atoms with Crippen molar-refractivity contribution in [3.8, 4) is 0 Å². The third-order valence-electron chi connectivity index (χ3n) is 5.28. The summed E-state index contributed by atoms with van der Waals surface area (Å²) in [6.07, 6.45) is 15.4. The van der Waals surface area contributed by atoms with Gasteiger partial charge in [-0.25, -0.2) is 0 Å². The summed E-state index contributed by atoms with van der Waals surface area (Å²) in [5.41, 5.74) is 0. The highest BCUT2D eigenvalue weighted by Crippen LogP contribution is 2.33. The number of carbonyl (C=O) groups is 1. The van der Waals surface area contributed by atoms with Crippen molar-refractivity contribution in [3.63, 3.8) is 0 Å². The van der Waals surface area contributed by atoms with Gasteiger partial charge in [-0.2, -0.15) is 0 Å². The van der Waals surface area contributed by atoms with Crippen molar-refractivity contribution >= 4 is 5.78 Å². The number of rotatable bonds is 9. The van der Waals surface area contributed by atoms with Crippen molar-refractivity contribution in [2.75, 3.05) is 13.1 Å². The average Bonchev–Trinajstić information content (AvgIpc) is 3.06. The lowest BCUT2D eigenvalue weighted by Crippen LogP contribution is -2.38. The van der Waals surface area contributed by atoms with E-state index in [1.807, 2.05) is 0 Å². The molecule has 0 aromatic heterocycles. The van der Waals surface area contributed by atoms with E-state index in [1.54, 1.807) is 0 Å². The van der Waals surface area contributed by atoms with Crippen LogP contribution >= 0.6 is 0 Å².